The summed E-state index contributed by atoms with van der Waals surface area (Å²) in [5.41, 5.74) is 0. The molecule has 0 spiro atoms. The number of nitrogens with one attached hydrogen (secondary N) is 1. The summed E-state index contributed by atoms with van der Waals surface area (Å²) in [5, 5.41) is 3.89. The summed E-state index contributed by atoms with van der Waals surface area (Å²) in [6.07, 6.45) is 9.19. The molecule has 82 valence electrons. The van der Waals surface area contributed by atoms with Crippen LogP contribution < -0.4 is 5.32 Å². The topological polar surface area (TPSA) is 37.8 Å². The van der Waals surface area contributed by atoms with E-state index in [1.54, 1.807) is 6.20 Å². The standard InChI is InChI=1S/C10H14ClN3S/c1-15-10(3-2-4-10)6-13-9-8(11)5-12-7-14-9/h5,7H,2-4,6H2,1H3,(H,12,13,14). The van der Waals surface area contributed by atoms with E-state index in [1.807, 2.05) is 11.8 Å². The van der Waals surface area contributed by atoms with Crippen LogP contribution in [0, 0.1) is 0 Å². The van der Waals surface area contributed by atoms with Crippen LogP contribution in [-0.4, -0.2) is 27.5 Å². The lowest BCUT2D eigenvalue weighted by Crippen LogP contribution is -2.40. The molecule has 0 radical (unpaired) electrons. The van der Waals surface area contributed by atoms with Gasteiger partial charge in [0.05, 0.1) is 6.20 Å². The molecule has 1 aromatic heterocycles. The van der Waals surface area contributed by atoms with Crippen molar-refractivity contribution < 1.29 is 0 Å². The van der Waals surface area contributed by atoms with Gasteiger partial charge in [0.1, 0.15) is 17.2 Å². The van der Waals surface area contributed by atoms with Crippen LogP contribution in [-0.2, 0) is 0 Å². The van der Waals surface area contributed by atoms with Crippen molar-refractivity contribution in [1.82, 2.24) is 9.97 Å². The molecule has 0 atom stereocenters. The van der Waals surface area contributed by atoms with Crippen LogP contribution in [0.1, 0.15) is 19.3 Å². The SMILES string of the molecule is CSC1(CNc2ncncc2Cl)CCC1. The monoisotopic (exact) mass is 243 g/mol. The third-order valence-corrected chi connectivity index (χ3v) is 4.64. The Balaban J connectivity index is 1.95. The van der Waals surface area contributed by atoms with Crippen LogP contribution in [0.4, 0.5) is 5.82 Å². The van der Waals surface area contributed by atoms with E-state index < -0.39 is 0 Å². The Hall–Kier alpha value is -0.480. The van der Waals surface area contributed by atoms with Crippen molar-refractivity contribution in [2.45, 2.75) is 24.0 Å². The molecule has 0 amide bonds. The average molecular weight is 244 g/mol. The predicted octanol–water partition coefficient (Wildman–Crippen LogP) is 2.83. The van der Waals surface area contributed by atoms with Crippen LogP contribution >= 0.6 is 23.4 Å². The Morgan fingerprint density at radius 2 is 2.40 bits per heavy atom. The van der Waals surface area contributed by atoms with Crippen molar-refractivity contribution in [3.8, 4) is 0 Å². The Bertz CT molecular complexity index is 336. The van der Waals surface area contributed by atoms with Gasteiger partial charge in [0, 0.05) is 11.3 Å². The molecule has 0 saturated heterocycles. The summed E-state index contributed by atoms with van der Waals surface area (Å²) in [5.74, 6) is 0.743. The summed E-state index contributed by atoms with van der Waals surface area (Å²) in [4.78, 5) is 7.97. The quantitative estimate of drug-likeness (QED) is 0.883. The number of hydrogen-bond donors (Lipinski definition) is 1. The molecule has 1 aliphatic carbocycles. The maximum atomic E-state index is 5.96. The number of nitrogens with zero attached hydrogens (tertiary/aromatic N) is 2. The molecule has 3 nitrogen and oxygen atoms in total. The number of aromatic nitrogens is 2. The molecule has 0 aliphatic heterocycles. The van der Waals surface area contributed by atoms with Crippen molar-refractivity contribution in [2.75, 3.05) is 18.1 Å². The fraction of sp³-hybridized carbons (Fsp3) is 0.600. The summed E-state index contributed by atoms with van der Waals surface area (Å²) in [7, 11) is 0. The number of hydrogen-bond acceptors (Lipinski definition) is 4. The molecule has 0 bridgehead atoms. The highest BCUT2D eigenvalue weighted by Crippen LogP contribution is 2.42. The van der Waals surface area contributed by atoms with E-state index >= 15 is 0 Å². The van der Waals surface area contributed by atoms with Gasteiger partial charge < -0.3 is 5.32 Å². The lowest BCUT2D eigenvalue weighted by molar-refractivity contribution is 0.379. The zero-order chi connectivity index (χ0) is 10.7. The molecule has 1 heterocycles. The van der Waals surface area contributed by atoms with E-state index in [0.717, 1.165) is 12.4 Å². The molecule has 5 heteroatoms. The van der Waals surface area contributed by atoms with E-state index in [2.05, 4.69) is 21.5 Å². The van der Waals surface area contributed by atoms with Crippen molar-refractivity contribution in [3.05, 3.63) is 17.5 Å². The number of thioether (sulfide) groups is 1. The normalized spacial score (nSPS) is 18.3. The van der Waals surface area contributed by atoms with Gasteiger partial charge in [-0.05, 0) is 19.1 Å². The average Bonchev–Trinajstić information content (AvgIpc) is 2.19. The second kappa shape index (κ2) is 4.58. The molecule has 1 fully saturated rings. The third-order valence-electron chi connectivity index (χ3n) is 2.94. The zero-order valence-electron chi connectivity index (χ0n) is 8.66. The summed E-state index contributed by atoms with van der Waals surface area (Å²) >= 11 is 7.90. The summed E-state index contributed by atoms with van der Waals surface area (Å²) in [6.45, 7) is 0.935. The first-order valence-corrected chi connectivity index (χ1v) is 6.61. The summed E-state index contributed by atoms with van der Waals surface area (Å²) in [6, 6.07) is 0. The molecule has 0 aromatic carbocycles. The second-order valence-corrected chi connectivity index (χ2v) is 5.50. The lowest BCUT2D eigenvalue weighted by atomic mass is 9.84. The molecule has 2 rings (SSSR count). The molecule has 1 aromatic rings. The second-order valence-electron chi connectivity index (χ2n) is 3.81. The summed E-state index contributed by atoms with van der Waals surface area (Å²) < 4.78 is 0.397. The van der Waals surface area contributed by atoms with E-state index in [-0.39, 0.29) is 0 Å². The fourth-order valence-electron chi connectivity index (χ4n) is 1.71. The zero-order valence-corrected chi connectivity index (χ0v) is 10.2. The van der Waals surface area contributed by atoms with Gasteiger partial charge >= 0.3 is 0 Å². The van der Waals surface area contributed by atoms with Gasteiger partial charge in [-0.25, -0.2) is 9.97 Å². The highest BCUT2D eigenvalue weighted by atomic mass is 35.5. The Labute approximate surface area is 99.0 Å². The maximum Gasteiger partial charge on any atom is 0.148 e. The Morgan fingerprint density at radius 1 is 1.60 bits per heavy atom. The molecule has 15 heavy (non-hydrogen) atoms. The Morgan fingerprint density at radius 3 is 2.93 bits per heavy atom. The highest BCUT2D eigenvalue weighted by Gasteiger charge is 2.35. The van der Waals surface area contributed by atoms with Crippen LogP contribution in [0.25, 0.3) is 0 Å². The first-order valence-electron chi connectivity index (χ1n) is 5.00. The molecule has 1 N–H and O–H groups in total. The van der Waals surface area contributed by atoms with Crippen molar-refractivity contribution in [2.24, 2.45) is 0 Å². The van der Waals surface area contributed by atoms with Gasteiger partial charge in [-0.1, -0.05) is 18.0 Å². The van der Waals surface area contributed by atoms with E-state index in [1.165, 1.54) is 25.6 Å². The molecule has 1 aliphatic rings. The van der Waals surface area contributed by atoms with Gasteiger partial charge in [0.15, 0.2) is 0 Å². The number of rotatable bonds is 4. The molecular formula is C10H14ClN3S. The van der Waals surface area contributed by atoms with E-state index in [0.29, 0.717) is 9.77 Å². The molecular weight excluding hydrogens is 230 g/mol. The Kier molecular flexibility index (Phi) is 3.36. The largest absolute Gasteiger partial charge is 0.367 e. The van der Waals surface area contributed by atoms with Crippen LogP contribution in [0.3, 0.4) is 0 Å². The van der Waals surface area contributed by atoms with Crippen LogP contribution in [0.15, 0.2) is 12.5 Å². The molecule has 0 unspecified atom stereocenters. The van der Waals surface area contributed by atoms with Gasteiger partial charge in [0.25, 0.3) is 0 Å². The van der Waals surface area contributed by atoms with Crippen molar-refractivity contribution in [3.63, 3.8) is 0 Å². The highest BCUT2D eigenvalue weighted by molar-refractivity contribution is 8.00. The minimum atomic E-state index is 0.397. The predicted molar refractivity (Wildman–Crippen MR) is 65.6 cm³/mol. The first kappa shape index (κ1) is 11.0. The first-order chi connectivity index (χ1) is 7.26. The van der Waals surface area contributed by atoms with Crippen molar-refractivity contribution in [1.29, 1.82) is 0 Å². The van der Waals surface area contributed by atoms with E-state index in [9.17, 15) is 0 Å². The molecule has 1 saturated carbocycles. The smallest absolute Gasteiger partial charge is 0.148 e. The van der Waals surface area contributed by atoms with Gasteiger partial charge in [-0.15, -0.1) is 0 Å². The van der Waals surface area contributed by atoms with Crippen LogP contribution in [0.5, 0.6) is 0 Å². The number of halogens is 1. The fourth-order valence-corrected chi connectivity index (χ4v) is 2.80. The van der Waals surface area contributed by atoms with Crippen LogP contribution in [0.2, 0.25) is 5.02 Å². The minimum Gasteiger partial charge on any atom is -0.367 e. The maximum absolute atomic E-state index is 5.96. The van der Waals surface area contributed by atoms with Gasteiger partial charge in [-0.3, -0.25) is 0 Å². The van der Waals surface area contributed by atoms with Gasteiger partial charge in [-0.2, -0.15) is 11.8 Å². The van der Waals surface area contributed by atoms with Gasteiger partial charge in [0.2, 0.25) is 0 Å². The lowest BCUT2D eigenvalue weighted by Gasteiger charge is -2.40. The van der Waals surface area contributed by atoms with Crippen molar-refractivity contribution >= 4 is 29.2 Å². The third kappa shape index (κ3) is 2.37. The number of anilines is 1. The minimum absolute atomic E-state index is 0.397. The van der Waals surface area contributed by atoms with E-state index in [4.69, 9.17) is 11.6 Å².